The van der Waals surface area contributed by atoms with Crippen LogP contribution in [-0.2, 0) is 26.3 Å². The summed E-state index contributed by atoms with van der Waals surface area (Å²) in [6.07, 6.45) is 7.04. The van der Waals surface area contributed by atoms with E-state index in [-0.39, 0.29) is 29.3 Å². The van der Waals surface area contributed by atoms with E-state index in [9.17, 15) is 9.59 Å². The third-order valence-corrected chi connectivity index (χ3v) is 7.39. The van der Waals surface area contributed by atoms with Crippen LogP contribution in [-0.4, -0.2) is 50.1 Å². The first kappa shape index (κ1) is 22.1. The van der Waals surface area contributed by atoms with Crippen LogP contribution in [0, 0.1) is 11.8 Å². The van der Waals surface area contributed by atoms with E-state index < -0.39 is 0 Å². The number of rotatable bonds is 5. The summed E-state index contributed by atoms with van der Waals surface area (Å²) in [7, 11) is 1.71. The molecule has 2 atom stereocenters. The number of methoxy groups -OCH3 is 1. The van der Waals surface area contributed by atoms with Crippen LogP contribution < -0.4 is 10.1 Å². The van der Waals surface area contributed by atoms with Crippen molar-refractivity contribution in [2.75, 3.05) is 33.4 Å². The molecule has 0 bridgehead atoms. The summed E-state index contributed by atoms with van der Waals surface area (Å²) in [5.74, 6) is 0.728. The summed E-state index contributed by atoms with van der Waals surface area (Å²) in [6, 6.07) is 6.22. The molecule has 1 aromatic rings. The largest absolute Gasteiger partial charge is 0.496 e. The Bertz CT molecular complexity index is 786. The molecule has 1 spiro atoms. The average molecular weight is 429 g/mol. The lowest BCUT2D eigenvalue weighted by molar-refractivity contribution is -0.150. The molecule has 2 fully saturated rings. The van der Waals surface area contributed by atoms with Gasteiger partial charge in [0.1, 0.15) is 11.4 Å². The highest BCUT2D eigenvalue weighted by Gasteiger charge is 2.45. The molecule has 31 heavy (non-hydrogen) atoms. The first-order valence-electron chi connectivity index (χ1n) is 12.0. The Labute approximate surface area is 185 Å². The van der Waals surface area contributed by atoms with Crippen LogP contribution in [0.25, 0.3) is 0 Å². The predicted molar refractivity (Wildman–Crippen MR) is 119 cm³/mol. The molecule has 0 unspecified atom stereocenters. The second-order valence-corrected chi connectivity index (χ2v) is 9.20. The fourth-order valence-corrected chi connectivity index (χ4v) is 5.74. The van der Waals surface area contributed by atoms with Crippen molar-refractivity contribution in [3.63, 3.8) is 0 Å². The van der Waals surface area contributed by atoms with E-state index >= 15 is 0 Å². The van der Waals surface area contributed by atoms with Gasteiger partial charge in [0.05, 0.1) is 13.7 Å². The maximum Gasteiger partial charge on any atom is 0.226 e. The monoisotopic (exact) mass is 428 g/mol. The molecule has 2 amide bonds. The Morgan fingerprint density at radius 2 is 1.94 bits per heavy atom. The van der Waals surface area contributed by atoms with E-state index in [0.717, 1.165) is 57.1 Å². The molecule has 1 saturated heterocycles. The van der Waals surface area contributed by atoms with Crippen LogP contribution in [0.5, 0.6) is 5.75 Å². The molecule has 1 aliphatic carbocycles. The van der Waals surface area contributed by atoms with Gasteiger partial charge in [-0.05, 0) is 50.2 Å². The Balaban J connectivity index is 1.47. The van der Waals surface area contributed by atoms with Gasteiger partial charge >= 0.3 is 0 Å². The maximum absolute atomic E-state index is 13.5. The first-order chi connectivity index (χ1) is 15.1. The van der Waals surface area contributed by atoms with Crippen molar-refractivity contribution < 1.29 is 19.1 Å². The van der Waals surface area contributed by atoms with E-state index in [4.69, 9.17) is 9.47 Å². The van der Waals surface area contributed by atoms with Crippen molar-refractivity contribution in [2.45, 2.75) is 63.9 Å². The number of fused-ring (bicyclic) bond motifs is 2. The lowest BCUT2D eigenvalue weighted by Crippen LogP contribution is -2.52. The van der Waals surface area contributed by atoms with Crippen molar-refractivity contribution in [3.05, 3.63) is 29.3 Å². The van der Waals surface area contributed by atoms with Crippen molar-refractivity contribution in [1.29, 1.82) is 0 Å². The van der Waals surface area contributed by atoms with Gasteiger partial charge in [-0.1, -0.05) is 31.9 Å². The third kappa shape index (κ3) is 4.32. The zero-order chi connectivity index (χ0) is 21.8. The number of hydrogen-bond acceptors (Lipinski definition) is 4. The molecular formula is C25H36N2O4. The number of amides is 2. The fourth-order valence-electron chi connectivity index (χ4n) is 5.74. The molecule has 1 aromatic carbocycles. The molecule has 3 aliphatic rings. The molecule has 2 aliphatic heterocycles. The first-order valence-corrected chi connectivity index (χ1v) is 12.0. The van der Waals surface area contributed by atoms with Gasteiger partial charge in [-0.25, -0.2) is 0 Å². The summed E-state index contributed by atoms with van der Waals surface area (Å²) in [5, 5.41) is 3.02. The van der Waals surface area contributed by atoms with Crippen LogP contribution in [0.4, 0.5) is 0 Å². The smallest absolute Gasteiger partial charge is 0.226 e. The SMILES string of the molecule is CCCNC(=O)[C@@H]1CCCC[C@@H]1C(=O)N1CCC2(CC1)OCCc1cccc(OC)c12. The van der Waals surface area contributed by atoms with Crippen molar-refractivity contribution in [3.8, 4) is 5.75 Å². The Morgan fingerprint density at radius 3 is 2.65 bits per heavy atom. The van der Waals surface area contributed by atoms with Gasteiger partial charge < -0.3 is 19.7 Å². The highest BCUT2D eigenvalue weighted by Crippen LogP contribution is 2.46. The molecule has 1 N–H and O–H groups in total. The molecular weight excluding hydrogens is 392 g/mol. The quantitative estimate of drug-likeness (QED) is 0.780. The van der Waals surface area contributed by atoms with Crippen LogP contribution in [0.3, 0.4) is 0 Å². The number of benzene rings is 1. The zero-order valence-corrected chi connectivity index (χ0v) is 19.0. The number of nitrogens with zero attached hydrogens (tertiary/aromatic N) is 1. The van der Waals surface area contributed by atoms with Crippen molar-refractivity contribution in [1.82, 2.24) is 10.2 Å². The summed E-state index contributed by atoms with van der Waals surface area (Å²) in [5.41, 5.74) is 2.09. The maximum atomic E-state index is 13.5. The summed E-state index contributed by atoms with van der Waals surface area (Å²) in [6.45, 7) is 4.76. The molecule has 170 valence electrons. The fraction of sp³-hybridized carbons (Fsp3) is 0.680. The highest BCUT2D eigenvalue weighted by atomic mass is 16.5. The summed E-state index contributed by atoms with van der Waals surface area (Å²) >= 11 is 0. The lowest BCUT2D eigenvalue weighted by Gasteiger charge is -2.46. The predicted octanol–water partition coefficient (Wildman–Crippen LogP) is 3.42. The van der Waals surface area contributed by atoms with E-state index in [1.165, 1.54) is 11.1 Å². The molecule has 4 rings (SSSR count). The number of likely N-dealkylation sites (tertiary alicyclic amines) is 1. The van der Waals surface area contributed by atoms with Gasteiger partial charge in [-0.2, -0.15) is 0 Å². The molecule has 0 aromatic heterocycles. The second-order valence-electron chi connectivity index (χ2n) is 9.20. The number of hydrogen-bond donors (Lipinski definition) is 1. The standard InChI is InChI=1S/C25H36N2O4/c1-3-14-26-23(28)19-8-4-5-9-20(19)24(29)27-15-12-25(13-16-27)22-18(11-17-31-25)7-6-10-21(22)30-2/h6-7,10,19-20H,3-5,8-9,11-17H2,1-2H3,(H,26,28)/t19-,20+/m1/s1. The van der Waals surface area contributed by atoms with Gasteiger partial charge in [-0.15, -0.1) is 0 Å². The number of carbonyl (C=O) groups is 2. The van der Waals surface area contributed by atoms with Gasteiger partial charge in [0, 0.05) is 37.0 Å². The highest BCUT2D eigenvalue weighted by molar-refractivity contribution is 5.88. The van der Waals surface area contributed by atoms with Crippen LogP contribution >= 0.6 is 0 Å². The third-order valence-electron chi connectivity index (χ3n) is 7.39. The van der Waals surface area contributed by atoms with Gasteiger partial charge in [0.15, 0.2) is 0 Å². The number of piperidine rings is 1. The van der Waals surface area contributed by atoms with Crippen LogP contribution in [0.15, 0.2) is 18.2 Å². The summed E-state index contributed by atoms with van der Waals surface area (Å²) in [4.78, 5) is 28.1. The minimum absolute atomic E-state index is 0.0580. The topological polar surface area (TPSA) is 67.9 Å². The molecule has 6 nitrogen and oxygen atoms in total. The van der Waals surface area contributed by atoms with Crippen LogP contribution in [0.1, 0.15) is 63.0 Å². The Kier molecular flexibility index (Phi) is 6.85. The van der Waals surface area contributed by atoms with E-state index in [0.29, 0.717) is 26.2 Å². The van der Waals surface area contributed by atoms with E-state index in [2.05, 4.69) is 11.4 Å². The minimum atomic E-state index is -0.374. The van der Waals surface area contributed by atoms with Crippen molar-refractivity contribution in [2.24, 2.45) is 11.8 Å². The normalized spacial score (nSPS) is 25.0. The van der Waals surface area contributed by atoms with Gasteiger partial charge in [0.2, 0.25) is 11.8 Å². The number of carbonyl (C=O) groups excluding carboxylic acids is 2. The van der Waals surface area contributed by atoms with E-state index in [1.807, 2.05) is 24.0 Å². The number of ether oxygens (including phenoxy) is 2. The molecule has 2 heterocycles. The lowest BCUT2D eigenvalue weighted by atomic mass is 9.76. The van der Waals surface area contributed by atoms with E-state index in [1.54, 1.807) is 7.11 Å². The van der Waals surface area contributed by atoms with Gasteiger partial charge in [-0.3, -0.25) is 9.59 Å². The second kappa shape index (κ2) is 9.60. The molecule has 1 saturated carbocycles. The summed E-state index contributed by atoms with van der Waals surface area (Å²) < 4.78 is 12.0. The van der Waals surface area contributed by atoms with Crippen LogP contribution in [0.2, 0.25) is 0 Å². The average Bonchev–Trinajstić information content (AvgIpc) is 2.82. The Hall–Kier alpha value is -2.08. The van der Waals surface area contributed by atoms with Crippen molar-refractivity contribution >= 4 is 11.8 Å². The number of nitrogens with one attached hydrogen (secondary N) is 1. The molecule has 6 heteroatoms. The van der Waals surface area contributed by atoms with Gasteiger partial charge in [0.25, 0.3) is 0 Å². The molecule has 0 radical (unpaired) electrons. The Morgan fingerprint density at radius 1 is 1.19 bits per heavy atom. The minimum Gasteiger partial charge on any atom is -0.496 e. The zero-order valence-electron chi connectivity index (χ0n) is 19.0.